The van der Waals surface area contributed by atoms with Gasteiger partial charge in [0, 0.05) is 11.3 Å². The van der Waals surface area contributed by atoms with Gasteiger partial charge in [-0.2, -0.15) is 0 Å². The van der Waals surface area contributed by atoms with Crippen LogP contribution in [0.15, 0.2) is 84.9 Å². The van der Waals surface area contributed by atoms with E-state index in [-0.39, 0.29) is 6.41 Å². The molecule has 4 aromatic rings. The van der Waals surface area contributed by atoms with Crippen LogP contribution < -0.4 is 5.73 Å². The highest BCUT2D eigenvalue weighted by atomic mass is 16.1. The fraction of sp³-hybridized carbons (Fsp3) is 0. The molecule has 4 rings (SSSR count). The number of para-hydroxylation sites is 3. The Balaban J connectivity index is 0.000000526. The van der Waals surface area contributed by atoms with Crippen LogP contribution >= 0.6 is 0 Å². The van der Waals surface area contributed by atoms with Gasteiger partial charge in [-0.05, 0) is 24.3 Å². The van der Waals surface area contributed by atoms with Crippen LogP contribution in [0.4, 0.5) is 0 Å². The average Bonchev–Trinajstić information content (AvgIpc) is 3.03. The molecule has 0 aliphatic carbocycles. The zero-order valence-electron chi connectivity index (χ0n) is 13.0. The first-order chi connectivity index (χ1) is 11.8. The van der Waals surface area contributed by atoms with Gasteiger partial charge in [-0.1, -0.05) is 60.7 Å². The Morgan fingerprint density at radius 3 is 2.00 bits per heavy atom. The molecular formula is C20H17N3O. The Kier molecular flexibility index (Phi) is 4.68. The van der Waals surface area contributed by atoms with Gasteiger partial charge in [-0.3, -0.25) is 9.36 Å². The van der Waals surface area contributed by atoms with Crippen molar-refractivity contribution < 1.29 is 4.79 Å². The summed E-state index contributed by atoms with van der Waals surface area (Å²) in [5.74, 6) is 0.975. The molecule has 0 saturated heterocycles. The number of nitrogens with zero attached hydrogens (tertiary/aromatic N) is 2. The van der Waals surface area contributed by atoms with E-state index in [1.807, 2.05) is 30.3 Å². The minimum absolute atomic E-state index is 0.250. The zero-order chi connectivity index (χ0) is 16.8. The van der Waals surface area contributed by atoms with Crippen molar-refractivity contribution in [1.82, 2.24) is 9.55 Å². The SMILES string of the molecule is NC=O.c1ccc(-c2nc3ccccc3n2-c2ccccc2)cc1. The van der Waals surface area contributed by atoms with Crippen LogP contribution in [-0.4, -0.2) is 16.0 Å². The van der Waals surface area contributed by atoms with E-state index in [2.05, 4.69) is 64.9 Å². The van der Waals surface area contributed by atoms with Crippen molar-refractivity contribution in [1.29, 1.82) is 0 Å². The second kappa shape index (κ2) is 7.24. The highest BCUT2D eigenvalue weighted by Gasteiger charge is 2.13. The van der Waals surface area contributed by atoms with Gasteiger partial charge >= 0.3 is 0 Å². The highest BCUT2D eigenvalue weighted by Crippen LogP contribution is 2.28. The summed E-state index contributed by atoms with van der Waals surface area (Å²) in [6.45, 7) is 0. The first kappa shape index (κ1) is 15.5. The van der Waals surface area contributed by atoms with Crippen molar-refractivity contribution in [3.8, 4) is 17.1 Å². The van der Waals surface area contributed by atoms with Gasteiger partial charge < -0.3 is 5.73 Å². The molecule has 1 amide bonds. The molecule has 0 aliphatic heterocycles. The van der Waals surface area contributed by atoms with Crippen molar-refractivity contribution in [2.24, 2.45) is 5.73 Å². The van der Waals surface area contributed by atoms with Gasteiger partial charge in [-0.25, -0.2) is 4.98 Å². The van der Waals surface area contributed by atoms with Gasteiger partial charge in [0.2, 0.25) is 6.41 Å². The third kappa shape index (κ3) is 3.03. The van der Waals surface area contributed by atoms with Crippen molar-refractivity contribution in [3.63, 3.8) is 0 Å². The molecule has 0 fully saturated rings. The molecule has 0 saturated carbocycles. The number of nitrogens with two attached hydrogens (primary N) is 1. The lowest BCUT2D eigenvalue weighted by Crippen LogP contribution is -1.96. The summed E-state index contributed by atoms with van der Waals surface area (Å²) in [6.07, 6.45) is 0.250. The van der Waals surface area contributed by atoms with Crippen LogP contribution in [0.3, 0.4) is 0 Å². The average molecular weight is 315 g/mol. The molecule has 24 heavy (non-hydrogen) atoms. The largest absolute Gasteiger partial charge is 0.372 e. The molecule has 0 unspecified atom stereocenters. The molecule has 4 heteroatoms. The number of aromatic nitrogens is 2. The molecule has 1 aromatic heterocycles. The summed E-state index contributed by atoms with van der Waals surface area (Å²) in [4.78, 5) is 13.4. The number of rotatable bonds is 2. The molecule has 0 aliphatic rings. The van der Waals surface area contributed by atoms with Crippen LogP contribution in [-0.2, 0) is 4.79 Å². The molecule has 0 atom stereocenters. The molecule has 1 heterocycles. The van der Waals surface area contributed by atoms with E-state index < -0.39 is 0 Å². The lowest BCUT2D eigenvalue weighted by atomic mass is 10.2. The molecule has 118 valence electrons. The fourth-order valence-electron chi connectivity index (χ4n) is 2.65. The van der Waals surface area contributed by atoms with Gasteiger partial charge in [0.1, 0.15) is 5.82 Å². The van der Waals surface area contributed by atoms with E-state index in [1.54, 1.807) is 0 Å². The predicted octanol–water partition coefficient (Wildman–Crippen LogP) is 3.79. The second-order valence-electron chi connectivity index (χ2n) is 5.10. The number of carbonyl (C=O) groups is 1. The number of fused-ring (bicyclic) bond motifs is 1. The number of imidazole rings is 1. The summed E-state index contributed by atoms with van der Waals surface area (Å²) < 4.78 is 2.21. The van der Waals surface area contributed by atoms with Crippen LogP contribution in [0.25, 0.3) is 28.1 Å². The smallest absolute Gasteiger partial charge is 0.204 e. The molecule has 0 radical (unpaired) electrons. The van der Waals surface area contributed by atoms with Crippen molar-refractivity contribution in [2.45, 2.75) is 0 Å². The minimum atomic E-state index is 0.250. The number of benzene rings is 3. The zero-order valence-corrected chi connectivity index (χ0v) is 13.0. The highest BCUT2D eigenvalue weighted by molar-refractivity contribution is 5.83. The van der Waals surface area contributed by atoms with Gasteiger partial charge in [0.15, 0.2) is 0 Å². The standard InChI is InChI=1S/C19H14N2.CH3NO/c1-3-9-15(10-4-1)19-20-17-13-7-8-14-18(17)21(19)16-11-5-2-6-12-16;2-1-3/h1-14H;1H,(H2,2,3). The van der Waals surface area contributed by atoms with Gasteiger partial charge in [0.25, 0.3) is 0 Å². The monoisotopic (exact) mass is 315 g/mol. The third-order valence-corrected chi connectivity index (χ3v) is 3.61. The number of amides is 1. The molecule has 0 spiro atoms. The minimum Gasteiger partial charge on any atom is -0.372 e. The number of carbonyl (C=O) groups excluding carboxylic acids is 1. The number of hydrogen-bond donors (Lipinski definition) is 1. The van der Waals surface area contributed by atoms with Gasteiger partial charge in [-0.15, -0.1) is 0 Å². The maximum absolute atomic E-state index is 8.58. The van der Waals surface area contributed by atoms with Gasteiger partial charge in [0.05, 0.1) is 11.0 Å². The number of primary amides is 1. The first-order valence-electron chi connectivity index (χ1n) is 7.59. The van der Waals surface area contributed by atoms with Crippen molar-refractivity contribution in [3.05, 3.63) is 84.9 Å². The van der Waals surface area contributed by atoms with E-state index >= 15 is 0 Å². The van der Waals surface area contributed by atoms with Crippen LogP contribution in [0, 0.1) is 0 Å². The third-order valence-electron chi connectivity index (χ3n) is 3.61. The normalized spacial score (nSPS) is 10.0. The Morgan fingerprint density at radius 2 is 1.33 bits per heavy atom. The lowest BCUT2D eigenvalue weighted by Gasteiger charge is -2.09. The van der Waals surface area contributed by atoms with E-state index in [1.165, 1.54) is 0 Å². The van der Waals surface area contributed by atoms with Crippen LogP contribution in [0.2, 0.25) is 0 Å². The van der Waals surface area contributed by atoms with Crippen molar-refractivity contribution >= 4 is 17.4 Å². The molecule has 3 aromatic carbocycles. The summed E-state index contributed by atoms with van der Waals surface area (Å²) in [7, 11) is 0. The van der Waals surface area contributed by atoms with E-state index in [4.69, 9.17) is 9.78 Å². The second-order valence-corrected chi connectivity index (χ2v) is 5.10. The predicted molar refractivity (Wildman–Crippen MR) is 96.8 cm³/mol. The first-order valence-corrected chi connectivity index (χ1v) is 7.59. The molecule has 2 N–H and O–H groups in total. The number of hydrogen-bond acceptors (Lipinski definition) is 2. The topological polar surface area (TPSA) is 60.9 Å². The Labute approximate surface area is 140 Å². The summed E-state index contributed by atoms with van der Waals surface area (Å²) in [5, 5.41) is 0. The van der Waals surface area contributed by atoms with Crippen molar-refractivity contribution in [2.75, 3.05) is 0 Å². The maximum atomic E-state index is 8.58. The Hall–Kier alpha value is -3.40. The van der Waals surface area contributed by atoms with E-state index in [0.717, 1.165) is 28.1 Å². The lowest BCUT2D eigenvalue weighted by molar-refractivity contribution is -0.106. The van der Waals surface area contributed by atoms with E-state index in [0.29, 0.717) is 0 Å². The summed E-state index contributed by atoms with van der Waals surface area (Å²) in [6, 6.07) is 28.9. The molecule has 0 bridgehead atoms. The quantitative estimate of drug-likeness (QED) is 0.572. The fourth-order valence-corrected chi connectivity index (χ4v) is 2.65. The summed E-state index contributed by atoms with van der Waals surface area (Å²) >= 11 is 0. The molecular weight excluding hydrogens is 298 g/mol. The maximum Gasteiger partial charge on any atom is 0.204 e. The van der Waals surface area contributed by atoms with Crippen LogP contribution in [0.5, 0.6) is 0 Å². The van der Waals surface area contributed by atoms with E-state index in [9.17, 15) is 0 Å². The summed E-state index contributed by atoms with van der Waals surface area (Å²) in [5.41, 5.74) is 8.56. The Bertz CT molecular complexity index is 931. The molecule has 4 nitrogen and oxygen atoms in total. The van der Waals surface area contributed by atoms with Crippen LogP contribution in [0.1, 0.15) is 0 Å². The Morgan fingerprint density at radius 1 is 0.792 bits per heavy atom.